The van der Waals surface area contributed by atoms with Crippen molar-refractivity contribution < 1.29 is 9.53 Å². The van der Waals surface area contributed by atoms with Crippen molar-refractivity contribution in [2.45, 2.75) is 26.4 Å². The first-order valence-electron chi connectivity index (χ1n) is 6.22. The minimum atomic E-state index is -0.493. The van der Waals surface area contributed by atoms with Gasteiger partial charge in [-0.05, 0) is 32.9 Å². The molecule has 0 aliphatic carbocycles. The average molecular weight is 278 g/mol. The van der Waals surface area contributed by atoms with E-state index in [9.17, 15) is 4.79 Å². The van der Waals surface area contributed by atoms with Crippen molar-refractivity contribution in [1.29, 1.82) is 0 Å². The molecule has 5 heteroatoms. The van der Waals surface area contributed by atoms with Gasteiger partial charge in [0.05, 0.1) is 5.04 Å². The molecule has 0 fully saturated rings. The van der Waals surface area contributed by atoms with Crippen LogP contribution in [-0.2, 0) is 4.74 Å². The van der Waals surface area contributed by atoms with Crippen LogP contribution >= 0.6 is 11.8 Å². The predicted octanol–water partition coefficient (Wildman–Crippen LogP) is 3.53. The van der Waals surface area contributed by atoms with E-state index in [1.807, 2.05) is 45.0 Å². The lowest BCUT2D eigenvalue weighted by Gasteiger charge is -2.19. The van der Waals surface area contributed by atoms with E-state index < -0.39 is 11.7 Å². The molecular weight excluding hydrogens is 260 g/mol. The van der Waals surface area contributed by atoms with Gasteiger partial charge in [-0.15, -0.1) is 11.8 Å². The molecule has 2 rings (SSSR count). The van der Waals surface area contributed by atoms with Gasteiger partial charge in [0.15, 0.2) is 0 Å². The summed E-state index contributed by atoms with van der Waals surface area (Å²) in [5, 5.41) is 3.77. The Balaban J connectivity index is 2.05. The van der Waals surface area contributed by atoms with Gasteiger partial charge in [-0.25, -0.2) is 4.79 Å². The highest BCUT2D eigenvalue weighted by atomic mass is 32.2. The third kappa shape index (κ3) is 4.28. The molecule has 1 aliphatic rings. The third-order valence-electron chi connectivity index (χ3n) is 2.34. The number of anilines is 1. The molecule has 0 bridgehead atoms. The fourth-order valence-corrected chi connectivity index (χ4v) is 2.51. The van der Waals surface area contributed by atoms with Crippen LogP contribution < -0.4 is 5.32 Å². The Kier molecular flexibility index (Phi) is 4.14. The van der Waals surface area contributed by atoms with Crippen LogP contribution in [0.4, 0.5) is 10.5 Å². The van der Waals surface area contributed by atoms with Gasteiger partial charge in [0.25, 0.3) is 0 Å². The molecule has 1 N–H and O–H groups in total. The number of nitrogens with zero attached hydrogens (tertiary/aromatic N) is 1. The molecule has 1 aromatic rings. The molecule has 0 aromatic heterocycles. The summed E-state index contributed by atoms with van der Waals surface area (Å²) in [6.45, 7) is 6.39. The molecule has 0 radical (unpaired) electrons. The number of carbonyl (C=O) groups excluding carboxylic acids is 1. The lowest BCUT2D eigenvalue weighted by Crippen LogP contribution is -2.27. The summed E-state index contributed by atoms with van der Waals surface area (Å²) in [5.74, 6) is 1.03. The van der Waals surface area contributed by atoms with Gasteiger partial charge in [0, 0.05) is 23.5 Å². The fourth-order valence-electron chi connectivity index (χ4n) is 1.66. The highest BCUT2D eigenvalue weighted by Gasteiger charge is 2.16. The predicted molar refractivity (Wildman–Crippen MR) is 80.2 cm³/mol. The van der Waals surface area contributed by atoms with Crippen LogP contribution in [0.15, 0.2) is 29.3 Å². The van der Waals surface area contributed by atoms with Crippen LogP contribution in [0.3, 0.4) is 0 Å². The number of amides is 1. The van der Waals surface area contributed by atoms with E-state index in [4.69, 9.17) is 4.74 Å². The van der Waals surface area contributed by atoms with Crippen molar-refractivity contribution in [1.82, 2.24) is 0 Å². The molecule has 0 saturated heterocycles. The summed E-state index contributed by atoms with van der Waals surface area (Å²) in [6.07, 6.45) is -0.439. The Hall–Kier alpha value is -1.49. The average Bonchev–Trinajstić information content (AvgIpc) is 2.79. The summed E-state index contributed by atoms with van der Waals surface area (Å²) >= 11 is 1.74. The number of hydrogen-bond donors (Lipinski definition) is 1. The largest absolute Gasteiger partial charge is 0.444 e. The number of carbonyl (C=O) groups is 1. The molecule has 102 valence electrons. The first-order valence-corrected chi connectivity index (χ1v) is 7.20. The Bertz CT molecular complexity index is 506. The van der Waals surface area contributed by atoms with Gasteiger partial charge < -0.3 is 4.74 Å². The van der Waals surface area contributed by atoms with E-state index in [0.29, 0.717) is 0 Å². The highest BCUT2D eigenvalue weighted by Crippen LogP contribution is 2.21. The summed E-state index contributed by atoms with van der Waals surface area (Å²) in [5.41, 5.74) is 1.27. The van der Waals surface area contributed by atoms with Gasteiger partial charge >= 0.3 is 6.09 Å². The van der Waals surface area contributed by atoms with Crippen LogP contribution in [0.2, 0.25) is 0 Å². The number of ether oxygens (including phenoxy) is 1. The zero-order valence-electron chi connectivity index (χ0n) is 11.4. The maximum absolute atomic E-state index is 11.7. The normalized spacial score (nSPS) is 15.0. The minimum Gasteiger partial charge on any atom is -0.444 e. The van der Waals surface area contributed by atoms with Crippen LogP contribution in [-0.4, -0.2) is 29.0 Å². The molecular formula is C14H18N2O2S. The van der Waals surface area contributed by atoms with Crippen molar-refractivity contribution in [2.75, 3.05) is 17.6 Å². The molecule has 1 aromatic carbocycles. The number of hydrogen-bond acceptors (Lipinski definition) is 4. The molecule has 0 unspecified atom stereocenters. The van der Waals surface area contributed by atoms with E-state index >= 15 is 0 Å². The monoisotopic (exact) mass is 278 g/mol. The Morgan fingerprint density at radius 1 is 1.42 bits per heavy atom. The van der Waals surface area contributed by atoms with E-state index in [-0.39, 0.29) is 0 Å². The van der Waals surface area contributed by atoms with Crippen LogP contribution in [0.5, 0.6) is 0 Å². The summed E-state index contributed by atoms with van der Waals surface area (Å²) in [4.78, 5) is 16.1. The summed E-state index contributed by atoms with van der Waals surface area (Å²) < 4.78 is 5.22. The van der Waals surface area contributed by atoms with Crippen molar-refractivity contribution in [3.63, 3.8) is 0 Å². The van der Waals surface area contributed by atoms with Crippen LogP contribution in [0.1, 0.15) is 26.3 Å². The second-order valence-electron chi connectivity index (χ2n) is 5.24. The first kappa shape index (κ1) is 13.9. The van der Waals surface area contributed by atoms with E-state index in [1.54, 1.807) is 11.8 Å². The lowest BCUT2D eigenvalue weighted by atomic mass is 10.2. The number of thioether (sulfide) groups is 1. The van der Waals surface area contributed by atoms with Gasteiger partial charge in [-0.1, -0.05) is 12.1 Å². The SMILES string of the molecule is CC(C)(C)OC(=O)Nc1cccc(C2=NCCS2)c1. The Morgan fingerprint density at radius 2 is 2.21 bits per heavy atom. The Morgan fingerprint density at radius 3 is 2.84 bits per heavy atom. The lowest BCUT2D eigenvalue weighted by molar-refractivity contribution is 0.0636. The van der Waals surface area contributed by atoms with Crippen LogP contribution in [0.25, 0.3) is 0 Å². The van der Waals surface area contributed by atoms with Crippen molar-refractivity contribution >= 4 is 28.6 Å². The standard InChI is InChI=1S/C14H18N2O2S/c1-14(2,3)18-13(17)16-11-6-4-5-10(9-11)12-15-7-8-19-12/h4-6,9H,7-8H2,1-3H3,(H,16,17). The number of rotatable bonds is 2. The molecule has 4 nitrogen and oxygen atoms in total. The summed E-state index contributed by atoms with van der Waals surface area (Å²) in [7, 11) is 0. The van der Waals surface area contributed by atoms with Gasteiger partial charge in [0.1, 0.15) is 5.60 Å². The first-order chi connectivity index (χ1) is 8.94. The molecule has 0 saturated carbocycles. The molecule has 1 aliphatic heterocycles. The van der Waals surface area contributed by atoms with Crippen LogP contribution in [0, 0.1) is 0 Å². The maximum atomic E-state index is 11.7. The number of nitrogens with one attached hydrogen (secondary N) is 1. The van der Waals surface area contributed by atoms with Gasteiger partial charge in [0.2, 0.25) is 0 Å². The number of benzene rings is 1. The van der Waals surface area contributed by atoms with Gasteiger partial charge in [-0.3, -0.25) is 10.3 Å². The molecule has 1 amide bonds. The minimum absolute atomic E-state index is 0.439. The maximum Gasteiger partial charge on any atom is 0.412 e. The second-order valence-corrected chi connectivity index (χ2v) is 6.33. The second kappa shape index (κ2) is 5.65. The molecule has 19 heavy (non-hydrogen) atoms. The van der Waals surface area contributed by atoms with E-state index in [2.05, 4.69) is 10.3 Å². The number of aliphatic imine (C=N–C) groups is 1. The van der Waals surface area contributed by atoms with Crippen molar-refractivity contribution in [3.8, 4) is 0 Å². The molecule has 0 spiro atoms. The quantitative estimate of drug-likeness (QED) is 0.900. The molecule has 0 atom stereocenters. The molecule has 1 heterocycles. The van der Waals surface area contributed by atoms with E-state index in [0.717, 1.165) is 28.6 Å². The van der Waals surface area contributed by atoms with Crippen molar-refractivity contribution in [3.05, 3.63) is 29.8 Å². The Labute approximate surface area is 117 Å². The zero-order chi connectivity index (χ0) is 13.9. The zero-order valence-corrected chi connectivity index (χ0v) is 12.2. The third-order valence-corrected chi connectivity index (χ3v) is 3.37. The van der Waals surface area contributed by atoms with E-state index in [1.165, 1.54) is 0 Å². The topological polar surface area (TPSA) is 50.7 Å². The highest BCUT2D eigenvalue weighted by molar-refractivity contribution is 8.14. The summed E-state index contributed by atoms with van der Waals surface area (Å²) in [6, 6.07) is 7.66. The fraction of sp³-hybridized carbons (Fsp3) is 0.429. The van der Waals surface area contributed by atoms with Crippen molar-refractivity contribution in [2.24, 2.45) is 4.99 Å². The smallest absolute Gasteiger partial charge is 0.412 e. The van der Waals surface area contributed by atoms with Gasteiger partial charge in [-0.2, -0.15) is 0 Å².